The molecule has 2 aromatic rings. The van der Waals surface area contributed by atoms with E-state index in [1.165, 1.54) is 0 Å². The second-order valence-electron chi connectivity index (χ2n) is 3.65. The molecular formula is C13H13NO. The molecule has 0 fully saturated rings. The molecule has 0 aliphatic heterocycles. The third kappa shape index (κ3) is 1.87. The number of unbranched alkanes of at least 4 members (excludes halogenated alkanes) is 1. The highest BCUT2D eigenvalue weighted by Crippen LogP contribution is 2.23. The molecule has 0 N–H and O–H groups in total. The number of rotatable bonds is 3. The van der Waals surface area contributed by atoms with Crippen molar-refractivity contribution in [1.82, 2.24) is 0 Å². The topological polar surface area (TPSA) is 36.9 Å². The van der Waals surface area contributed by atoms with Crippen molar-refractivity contribution >= 4 is 11.0 Å². The van der Waals surface area contributed by atoms with Crippen LogP contribution in [0.15, 0.2) is 28.7 Å². The molecule has 0 amide bonds. The van der Waals surface area contributed by atoms with E-state index >= 15 is 0 Å². The first-order valence-corrected chi connectivity index (χ1v) is 5.26. The van der Waals surface area contributed by atoms with Gasteiger partial charge in [0.2, 0.25) is 0 Å². The molecule has 2 nitrogen and oxygen atoms in total. The molecule has 0 spiro atoms. The van der Waals surface area contributed by atoms with E-state index < -0.39 is 0 Å². The van der Waals surface area contributed by atoms with E-state index in [0.29, 0.717) is 5.56 Å². The molecular weight excluding hydrogens is 186 g/mol. The summed E-state index contributed by atoms with van der Waals surface area (Å²) in [5.74, 6) is 0.981. The van der Waals surface area contributed by atoms with Crippen molar-refractivity contribution in [2.45, 2.75) is 26.2 Å². The molecule has 0 bridgehead atoms. The van der Waals surface area contributed by atoms with Crippen molar-refractivity contribution in [3.8, 4) is 6.07 Å². The number of hydrogen-bond acceptors (Lipinski definition) is 2. The lowest BCUT2D eigenvalue weighted by molar-refractivity contribution is 0.536. The standard InChI is InChI=1S/C13H13NO/c1-2-3-7-12-8-10-5-4-6-11(9-14)13(10)15-12/h4-6,8H,2-3,7H2,1H3. The largest absolute Gasteiger partial charge is 0.460 e. The summed E-state index contributed by atoms with van der Waals surface area (Å²) in [6, 6.07) is 9.84. The van der Waals surface area contributed by atoms with Crippen molar-refractivity contribution in [2.75, 3.05) is 0 Å². The van der Waals surface area contributed by atoms with E-state index in [2.05, 4.69) is 13.0 Å². The highest BCUT2D eigenvalue weighted by atomic mass is 16.3. The zero-order chi connectivity index (χ0) is 10.7. The van der Waals surface area contributed by atoms with Gasteiger partial charge in [-0.1, -0.05) is 25.5 Å². The average molecular weight is 199 g/mol. The van der Waals surface area contributed by atoms with Crippen molar-refractivity contribution in [3.63, 3.8) is 0 Å². The first-order valence-electron chi connectivity index (χ1n) is 5.26. The fourth-order valence-electron chi connectivity index (χ4n) is 1.68. The van der Waals surface area contributed by atoms with Crippen LogP contribution in [-0.2, 0) is 6.42 Å². The number of benzene rings is 1. The summed E-state index contributed by atoms with van der Waals surface area (Å²) >= 11 is 0. The predicted octanol–water partition coefficient (Wildman–Crippen LogP) is 3.65. The van der Waals surface area contributed by atoms with Crippen LogP contribution in [-0.4, -0.2) is 0 Å². The molecule has 0 unspecified atom stereocenters. The van der Waals surface area contributed by atoms with Crippen molar-refractivity contribution in [2.24, 2.45) is 0 Å². The highest BCUT2D eigenvalue weighted by molar-refractivity contribution is 5.83. The van der Waals surface area contributed by atoms with Gasteiger partial charge in [0.25, 0.3) is 0 Å². The second-order valence-corrected chi connectivity index (χ2v) is 3.65. The molecule has 0 atom stereocenters. The molecule has 2 rings (SSSR count). The number of aryl methyl sites for hydroxylation is 1. The zero-order valence-electron chi connectivity index (χ0n) is 8.79. The van der Waals surface area contributed by atoms with Gasteiger partial charge in [0.05, 0.1) is 5.56 Å². The predicted molar refractivity (Wildman–Crippen MR) is 59.5 cm³/mol. The summed E-state index contributed by atoms with van der Waals surface area (Å²) in [7, 11) is 0. The average Bonchev–Trinajstić information content (AvgIpc) is 2.68. The summed E-state index contributed by atoms with van der Waals surface area (Å²) < 4.78 is 5.67. The molecule has 2 heteroatoms. The lowest BCUT2D eigenvalue weighted by atomic mass is 10.1. The van der Waals surface area contributed by atoms with E-state index in [1.54, 1.807) is 6.07 Å². The Morgan fingerprint density at radius 1 is 1.40 bits per heavy atom. The monoisotopic (exact) mass is 199 g/mol. The lowest BCUT2D eigenvalue weighted by Crippen LogP contribution is -1.78. The summed E-state index contributed by atoms with van der Waals surface area (Å²) in [6.07, 6.45) is 3.24. The van der Waals surface area contributed by atoms with Crippen LogP contribution >= 0.6 is 0 Å². The van der Waals surface area contributed by atoms with E-state index in [0.717, 1.165) is 36.0 Å². The van der Waals surface area contributed by atoms with Crippen LogP contribution in [0, 0.1) is 11.3 Å². The van der Waals surface area contributed by atoms with Gasteiger partial charge in [0, 0.05) is 11.8 Å². The van der Waals surface area contributed by atoms with E-state index in [-0.39, 0.29) is 0 Å². The quantitative estimate of drug-likeness (QED) is 0.756. The number of hydrogen-bond donors (Lipinski definition) is 0. The number of furan rings is 1. The van der Waals surface area contributed by atoms with Crippen LogP contribution in [0.5, 0.6) is 0 Å². The second kappa shape index (κ2) is 4.18. The Kier molecular flexibility index (Phi) is 2.73. The maximum atomic E-state index is 8.91. The fraction of sp³-hybridized carbons (Fsp3) is 0.308. The fourth-order valence-corrected chi connectivity index (χ4v) is 1.68. The molecule has 0 radical (unpaired) electrons. The Morgan fingerprint density at radius 3 is 3.00 bits per heavy atom. The molecule has 0 aliphatic rings. The molecule has 76 valence electrons. The molecule has 1 heterocycles. The highest BCUT2D eigenvalue weighted by Gasteiger charge is 2.06. The summed E-state index contributed by atoms with van der Waals surface area (Å²) in [5, 5.41) is 9.94. The summed E-state index contributed by atoms with van der Waals surface area (Å²) in [5.41, 5.74) is 1.35. The van der Waals surface area contributed by atoms with Gasteiger partial charge in [-0.25, -0.2) is 0 Å². The van der Waals surface area contributed by atoms with Gasteiger partial charge >= 0.3 is 0 Å². The molecule has 0 saturated carbocycles. The van der Waals surface area contributed by atoms with E-state index in [9.17, 15) is 0 Å². The minimum absolute atomic E-state index is 0.621. The van der Waals surface area contributed by atoms with Gasteiger partial charge in [-0.05, 0) is 18.6 Å². The third-order valence-electron chi connectivity index (χ3n) is 2.49. The summed E-state index contributed by atoms with van der Waals surface area (Å²) in [4.78, 5) is 0. The van der Waals surface area contributed by atoms with E-state index in [4.69, 9.17) is 9.68 Å². The Bertz CT molecular complexity index is 505. The van der Waals surface area contributed by atoms with Crippen LogP contribution in [0.2, 0.25) is 0 Å². The van der Waals surface area contributed by atoms with Gasteiger partial charge in [-0.2, -0.15) is 5.26 Å². The Morgan fingerprint density at radius 2 is 2.27 bits per heavy atom. The Labute approximate surface area is 89.1 Å². The Balaban J connectivity index is 2.42. The van der Waals surface area contributed by atoms with Gasteiger partial charge in [-0.15, -0.1) is 0 Å². The maximum Gasteiger partial charge on any atom is 0.152 e. The van der Waals surface area contributed by atoms with E-state index in [1.807, 2.05) is 18.2 Å². The molecule has 1 aromatic carbocycles. The van der Waals surface area contributed by atoms with Gasteiger partial charge in [0.1, 0.15) is 11.8 Å². The number of para-hydroxylation sites is 1. The van der Waals surface area contributed by atoms with Crippen molar-refractivity contribution in [1.29, 1.82) is 5.26 Å². The van der Waals surface area contributed by atoms with Crippen LogP contribution in [0.1, 0.15) is 31.1 Å². The molecule has 15 heavy (non-hydrogen) atoms. The normalized spacial score (nSPS) is 10.4. The smallest absolute Gasteiger partial charge is 0.152 e. The first kappa shape index (κ1) is 9.79. The molecule has 0 aliphatic carbocycles. The molecule has 0 saturated heterocycles. The SMILES string of the molecule is CCCCc1cc2cccc(C#N)c2o1. The van der Waals surface area contributed by atoms with Crippen LogP contribution < -0.4 is 0 Å². The first-order chi connectivity index (χ1) is 7.35. The van der Waals surface area contributed by atoms with Gasteiger partial charge < -0.3 is 4.42 Å². The zero-order valence-corrected chi connectivity index (χ0v) is 8.79. The van der Waals surface area contributed by atoms with Crippen LogP contribution in [0.3, 0.4) is 0 Å². The minimum atomic E-state index is 0.621. The van der Waals surface area contributed by atoms with Gasteiger partial charge in [0.15, 0.2) is 5.58 Å². The summed E-state index contributed by atoms with van der Waals surface area (Å²) in [6.45, 7) is 2.16. The molecule has 1 aromatic heterocycles. The number of nitrogens with zero attached hydrogens (tertiary/aromatic N) is 1. The maximum absolute atomic E-state index is 8.91. The van der Waals surface area contributed by atoms with Crippen molar-refractivity contribution in [3.05, 3.63) is 35.6 Å². The van der Waals surface area contributed by atoms with Crippen LogP contribution in [0.25, 0.3) is 11.0 Å². The number of fused-ring (bicyclic) bond motifs is 1. The minimum Gasteiger partial charge on any atom is -0.460 e. The van der Waals surface area contributed by atoms with Crippen molar-refractivity contribution < 1.29 is 4.42 Å². The third-order valence-corrected chi connectivity index (χ3v) is 2.49. The van der Waals surface area contributed by atoms with Crippen LogP contribution in [0.4, 0.5) is 0 Å². The lowest BCUT2D eigenvalue weighted by Gasteiger charge is -1.92. The van der Waals surface area contributed by atoms with Gasteiger partial charge in [-0.3, -0.25) is 0 Å². The Hall–Kier alpha value is -1.75. The number of nitriles is 1.